The van der Waals surface area contributed by atoms with Crippen molar-refractivity contribution in [1.82, 2.24) is 0 Å². The van der Waals surface area contributed by atoms with Crippen molar-refractivity contribution in [2.75, 3.05) is 0 Å². The Morgan fingerprint density at radius 3 is 2.29 bits per heavy atom. The number of aliphatic hydroxyl groups is 1. The fourth-order valence-electron chi connectivity index (χ4n) is 3.16. The van der Waals surface area contributed by atoms with E-state index < -0.39 is 40.3 Å². The lowest BCUT2D eigenvalue weighted by Crippen LogP contribution is -2.40. The van der Waals surface area contributed by atoms with Crippen molar-refractivity contribution in [1.29, 1.82) is 0 Å². The summed E-state index contributed by atoms with van der Waals surface area (Å²) in [4.78, 5) is 23.5. The van der Waals surface area contributed by atoms with E-state index in [2.05, 4.69) is 0 Å². The smallest absolute Gasteiger partial charge is 0.358 e. The molecule has 164 valence electrons. The molecule has 6 atom stereocenters. The molecule has 1 saturated heterocycles. The number of alkyl halides is 3. The SMILES string of the molecule is CCC(O)CC(CC(CC1CC(C)OC(C)O1)OC(=O)C(Cl)(Cl)Cl)OC(C)=O. The third kappa shape index (κ3) is 9.94. The average Bonchev–Trinajstić information content (AvgIpc) is 2.51. The molecule has 1 rings (SSSR count). The first-order chi connectivity index (χ1) is 12.9. The van der Waals surface area contributed by atoms with Gasteiger partial charge in [0.2, 0.25) is 0 Å². The van der Waals surface area contributed by atoms with Crippen LogP contribution in [-0.4, -0.2) is 57.6 Å². The first kappa shape index (κ1) is 25.7. The zero-order valence-electron chi connectivity index (χ0n) is 16.5. The topological polar surface area (TPSA) is 91.3 Å². The summed E-state index contributed by atoms with van der Waals surface area (Å²) in [5, 5.41) is 9.95. The summed E-state index contributed by atoms with van der Waals surface area (Å²) >= 11 is 16.9. The minimum atomic E-state index is -2.23. The second-order valence-electron chi connectivity index (χ2n) is 7.03. The Kier molecular flexibility index (Phi) is 10.8. The summed E-state index contributed by atoms with van der Waals surface area (Å²) < 4.78 is 19.7. The molecular weight excluding hydrogens is 435 g/mol. The van der Waals surface area contributed by atoms with E-state index >= 15 is 0 Å². The summed E-state index contributed by atoms with van der Waals surface area (Å²) in [6.07, 6.45) is -0.968. The molecule has 1 aliphatic rings. The average molecular weight is 464 g/mol. The molecule has 0 bridgehead atoms. The third-order valence-electron chi connectivity index (χ3n) is 4.30. The molecule has 0 aromatic carbocycles. The zero-order chi connectivity index (χ0) is 21.5. The number of halogens is 3. The lowest BCUT2D eigenvalue weighted by molar-refractivity contribution is -0.235. The lowest BCUT2D eigenvalue weighted by Gasteiger charge is -2.35. The lowest BCUT2D eigenvalue weighted by atomic mass is 9.97. The Morgan fingerprint density at radius 2 is 1.79 bits per heavy atom. The molecule has 28 heavy (non-hydrogen) atoms. The first-order valence-corrected chi connectivity index (χ1v) is 10.5. The highest BCUT2D eigenvalue weighted by atomic mass is 35.6. The normalized spacial score (nSPS) is 26.2. The molecule has 1 heterocycles. The molecule has 1 fully saturated rings. The van der Waals surface area contributed by atoms with Crippen molar-refractivity contribution in [3.8, 4) is 0 Å². The molecule has 0 spiro atoms. The third-order valence-corrected chi connectivity index (χ3v) is 4.76. The van der Waals surface area contributed by atoms with Gasteiger partial charge in [0.1, 0.15) is 12.2 Å². The Hall–Kier alpha value is -0.310. The molecule has 1 N–H and O–H groups in total. The molecular formula is C18H29Cl3O7. The summed E-state index contributed by atoms with van der Waals surface area (Å²) in [6, 6.07) is 0. The van der Waals surface area contributed by atoms with Gasteiger partial charge in [-0.25, -0.2) is 4.79 Å². The number of ether oxygens (including phenoxy) is 4. The number of esters is 2. The Labute approximate surface area is 180 Å². The van der Waals surface area contributed by atoms with E-state index in [1.165, 1.54) is 6.92 Å². The van der Waals surface area contributed by atoms with Crippen LogP contribution in [0.15, 0.2) is 0 Å². The van der Waals surface area contributed by atoms with E-state index in [-0.39, 0.29) is 25.0 Å². The first-order valence-electron chi connectivity index (χ1n) is 9.34. The molecule has 7 nitrogen and oxygen atoms in total. The van der Waals surface area contributed by atoms with Crippen LogP contribution in [0.2, 0.25) is 0 Å². The van der Waals surface area contributed by atoms with Crippen LogP contribution in [0.5, 0.6) is 0 Å². The summed E-state index contributed by atoms with van der Waals surface area (Å²) in [5.41, 5.74) is 0. The van der Waals surface area contributed by atoms with E-state index in [0.29, 0.717) is 19.3 Å². The van der Waals surface area contributed by atoms with Crippen molar-refractivity contribution in [3.63, 3.8) is 0 Å². The second kappa shape index (κ2) is 11.8. The number of hydrogen-bond acceptors (Lipinski definition) is 7. The van der Waals surface area contributed by atoms with Crippen LogP contribution < -0.4 is 0 Å². The van der Waals surface area contributed by atoms with Gasteiger partial charge in [-0.2, -0.15) is 0 Å². The predicted molar refractivity (Wildman–Crippen MR) is 105 cm³/mol. The van der Waals surface area contributed by atoms with Crippen molar-refractivity contribution in [3.05, 3.63) is 0 Å². The maximum atomic E-state index is 12.1. The molecule has 1 aliphatic heterocycles. The van der Waals surface area contributed by atoms with E-state index in [9.17, 15) is 14.7 Å². The number of carbonyl (C=O) groups excluding carboxylic acids is 2. The second-order valence-corrected chi connectivity index (χ2v) is 9.32. The fraction of sp³-hybridized carbons (Fsp3) is 0.889. The van der Waals surface area contributed by atoms with Gasteiger partial charge in [0.25, 0.3) is 3.79 Å². The highest BCUT2D eigenvalue weighted by Crippen LogP contribution is 2.31. The fourth-order valence-corrected chi connectivity index (χ4v) is 3.29. The van der Waals surface area contributed by atoms with Crippen LogP contribution in [0.4, 0.5) is 0 Å². The molecule has 10 heteroatoms. The summed E-state index contributed by atoms with van der Waals surface area (Å²) in [6.45, 7) is 6.80. The van der Waals surface area contributed by atoms with Gasteiger partial charge in [-0.15, -0.1) is 0 Å². The zero-order valence-corrected chi connectivity index (χ0v) is 18.8. The molecule has 0 aromatic heterocycles. The summed E-state index contributed by atoms with van der Waals surface area (Å²) in [7, 11) is 0. The van der Waals surface area contributed by atoms with Crippen LogP contribution in [0.1, 0.15) is 59.8 Å². The standard InChI is InChI=1S/C18H29Cl3O7/c1-5-13(23)7-15(26-11(3)22)9-16(28-17(24)18(19,20)21)8-14-6-10(2)25-12(4)27-14/h10,12-16,23H,5-9H2,1-4H3. The van der Waals surface area contributed by atoms with Crippen molar-refractivity contribution in [2.45, 2.75) is 100 Å². The van der Waals surface area contributed by atoms with Gasteiger partial charge in [0.15, 0.2) is 6.29 Å². The van der Waals surface area contributed by atoms with Gasteiger partial charge in [0.05, 0.1) is 18.3 Å². The van der Waals surface area contributed by atoms with Crippen LogP contribution in [0, 0.1) is 0 Å². The highest BCUT2D eigenvalue weighted by molar-refractivity contribution is 6.75. The highest BCUT2D eigenvalue weighted by Gasteiger charge is 2.37. The van der Waals surface area contributed by atoms with Gasteiger partial charge >= 0.3 is 11.9 Å². The van der Waals surface area contributed by atoms with Crippen LogP contribution >= 0.6 is 34.8 Å². The Bertz CT molecular complexity index is 502. The molecule has 0 amide bonds. The van der Waals surface area contributed by atoms with Gasteiger partial charge < -0.3 is 24.1 Å². The minimum absolute atomic E-state index is 0.0237. The van der Waals surface area contributed by atoms with Gasteiger partial charge in [-0.3, -0.25) is 4.79 Å². The van der Waals surface area contributed by atoms with Crippen LogP contribution in [0.25, 0.3) is 0 Å². The van der Waals surface area contributed by atoms with Gasteiger partial charge in [-0.1, -0.05) is 41.7 Å². The molecule has 0 radical (unpaired) electrons. The van der Waals surface area contributed by atoms with E-state index in [1.807, 2.05) is 13.8 Å². The molecule has 0 aliphatic carbocycles. The number of rotatable bonds is 9. The van der Waals surface area contributed by atoms with E-state index in [1.54, 1.807) is 6.92 Å². The van der Waals surface area contributed by atoms with Gasteiger partial charge in [0, 0.05) is 26.2 Å². The summed E-state index contributed by atoms with van der Waals surface area (Å²) in [5.74, 6) is -1.52. The molecule has 0 aromatic rings. The predicted octanol–water partition coefficient (Wildman–Crippen LogP) is 3.68. The van der Waals surface area contributed by atoms with E-state index in [0.717, 1.165) is 0 Å². The number of carbonyl (C=O) groups is 2. The Morgan fingerprint density at radius 1 is 1.14 bits per heavy atom. The maximum absolute atomic E-state index is 12.1. The Balaban J connectivity index is 2.89. The van der Waals surface area contributed by atoms with Crippen LogP contribution in [0.3, 0.4) is 0 Å². The molecule has 0 saturated carbocycles. The van der Waals surface area contributed by atoms with Gasteiger partial charge in [-0.05, 0) is 26.7 Å². The van der Waals surface area contributed by atoms with Crippen molar-refractivity contribution < 1.29 is 33.6 Å². The largest absolute Gasteiger partial charge is 0.462 e. The maximum Gasteiger partial charge on any atom is 0.358 e. The van der Waals surface area contributed by atoms with Crippen LogP contribution in [-0.2, 0) is 28.5 Å². The monoisotopic (exact) mass is 462 g/mol. The van der Waals surface area contributed by atoms with Crippen molar-refractivity contribution >= 4 is 46.7 Å². The minimum Gasteiger partial charge on any atom is -0.462 e. The quantitative estimate of drug-likeness (QED) is 0.412. The van der Waals surface area contributed by atoms with E-state index in [4.69, 9.17) is 53.8 Å². The van der Waals surface area contributed by atoms with Crippen molar-refractivity contribution in [2.24, 2.45) is 0 Å². The number of aliphatic hydroxyl groups excluding tert-OH is 1. The molecule has 6 unspecified atom stereocenters. The number of hydrogen-bond donors (Lipinski definition) is 1.